The Balaban J connectivity index is 2.04. The van der Waals surface area contributed by atoms with Gasteiger partial charge in [-0.25, -0.2) is 4.39 Å². The van der Waals surface area contributed by atoms with Crippen molar-refractivity contribution in [1.82, 2.24) is 0 Å². The lowest BCUT2D eigenvalue weighted by Gasteiger charge is -2.08. The molecule has 4 nitrogen and oxygen atoms in total. The van der Waals surface area contributed by atoms with Gasteiger partial charge in [0.25, 0.3) is 0 Å². The molecule has 0 aliphatic heterocycles. The first-order chi connectivity index (χ1) is 9.97. The number of aryl methyl sites for hydroxylation is 1. The fourth-order valence-corrected chi connectivity index (χ4v) is 1.98. The highest BCUT2D eigenvalue weighted by atomic mass is 79.9. The Bertz CT molecular complexity index is 704. The van der Waals surface area contributed by atoms with Gasteiger partial charge in [-0.3, -0.25) is 9.59 Å². The van der Waals surface area contributed by atoms with Crippen molar-refractivity contribution in [2.45, 2.75) is 6.92 Å². The summed E-state index contributed by atoms with van der Waals surface area (Å²) in [4.78, 5) is 23.5. The molecule has 0 atom stereocenters. The standard InChI is InChI=1S/C15H12BrFN2O2/c1-9-6-7-10(8-11(9)16)18-14(20)15(21)19-13-5-3-2-4-12(13)17/h2-8H,1H3,(H,18,20)(H,19,21). The van der Waals surface area contributed by atoms with Crippen LogP contribution in [0.4, 0.5) is 15.8 Å². The van der Waals surface area contributed by atoms with Crippen molar-refractivity contribution in [3.05, 3.63) is 58.3 Å². The highest BCUT2D eigenvalue weighted by Crippen LogP contribution is 2.20. The van der Waals surface area contributed by atoms with Gasteiger partial charge in [0.2, 0.25) is 0 Å². The van der Waals surface area contributed by atoms with E-state index in [1.165, 1.54) is 18.2 Å². The highest BCUT2D eigenvalue weighted by Gasteiger charge is 2.15. The number of para-hydroxylation sites is 1. The van der Waals surface area contributed by atoms with Crippen LogP contribution in [0.1, 0.15) is 5.56 Å². The Morgan fingerprint density at radius 3 is 2.38 bits per heavy atom. The summed E-state index contributed by atoms with van der Waals surface area (Å²) in [5, 5.41) is 4.66. The van der Waals surface area contributed by atoms with E-state index >= 15 is 0 Å². The molecule has 2 aromatic rings. The van der Waals surface area contributed by atoms with Crippen LogP contribution < -0.4 is 10.6 Å². The Kier molecular flexibility index (Phi) is 4.70. The molecule has 0 saturated carbocycles. The van der Waals surface area contributed by atoms with Crippen LogP contribution in [-0.2, 0) is 9.59 Å². The van der Waals surface area contributed by atoms with Crippen molar-refractivity contribution < 1.29 is 14.0 Å². The lowest BCUT2D eigenvalue weighted by Crippen LogP contribution is -2.29. The van der Waals surface area contributed by atoms with Gasteiger partial charge in [0.1, 0.15) is 5.82 Å². The molecule has 2 rings (SSSR count). The van der Waals surface area contributed by atoms with Crippen LogP contribution in [0.25, 0.3) is 0 Å². The van der Waals surface area contributed by atoms with Gasteiger partial charge in [0, 0.05) is 10.2 Å². The van der Waals surface area contributed by atoms with Crippen LogP contribution in [0, 0.1) is 12.7 Å². The first kappa shape index (κ1) is 15.2. The summed E-state index contributed by atoms with van der Waals surface area (Å²) in [7, 11) is 0. The smallest absolute Gasteiger partial charge is 0.314 e. The molecule has 0 unspecified atom stereocenters. The van der Waals surface area contributed by atoms with Crippen molar-refractivity contribution in [2.24, 2.45) is 0 Å². The molecule has 21 heavy (non-hydrogen) atoms. The summed E-state index contributed by atoms with van der Waals surface area (Å²) in [5.41, 5.74) is 1.44. The van der Waals surface area contributed by atoms with Crippen LogP contribution in [0.15, 0.2) is 46.9 Å². The Morgan fingerprint density at radius 1 is 1.05 bits per heavy atom. The fraction of sp³-hybridized carbons (Fsp3) is 0.0667. The van der Waals surface area contributed by atoms with Crippen molar-refractivity contribution in [1.29, 1.82) is 0 Å². The minimum Gasteiger partial charge on any atom is -0.318 e. The average molecular weight is 351 g/mol. The van der Waals surface area contributed by atoms with Crippen LogP contribution in [-0.4, -0.2) is 11.8 Å². The molecule has 0 aliphatic carbocycles. The minimum absolute atomic E-state index is 0.0391. The molecule has 0 radical (unpaired) electrons. The van der Waals surface area contributed by atoms with Crippen molar-refractivity contribution in [3.63, 3.8) is 0 Å². The topological polar surface area (TPSA) is 58.2 Å². The second-order valence-electron chi connectivity index (χ2n) is 4.35. The number of amides is 2. The highest BCUT2D eigenvalue weighted by molar-refractivity contribution is 9.10. The first-order valence-corrected chi connectivity index (χ1v) is 6.89. The zero-order valence-corrected chi connectivity index (χ0v) is 12.7. The van der Waals surface area contributed by atoms with Crippen molar-refractivity contribution >= 4 is 39.1 Å². The maximum Gasteiger partial charge on any atom is 0.314 e. The molecule has 0 heterocycles. The van der Waals surface area contributed by atoms with Gasteiger partial charge in [-0.15, -0.1) is 0 Å². The van der Waals surface area contributed by atoms with Crippen molar-refractivity contribution in [3.8, 4) is 0 Å². The van der Waals surface area contributed by atoms with Crippen LogP contribution in [0.5, 0.6) is 0 Å². The predicted octanol–water partition coefficient (Wildman–Crippen LogP) is 3.47. The van der Waals surface area contributed by atoms with Gasteiger partial charge in [0.05, 0.1) is 5.69 Å². The summed E-state index contributed by atoms with van der Waals surface area (Å²) in [5.74, 6) is -2.40. The quantitative estimate of drug-likeness (QED) is 0.814. The van der Waals surface area contributed by atoms with E-state index in [2.05, 4.69) is 26.6 Å². The summed E-state index contributed by atoms with van der Waals surface area (Å²) in [6, 6.07) is 10.8. The normalized spacial score (nSPS) is 10.0. The third kappa shape index (κ3) is 3.88. The van der Waals surface area contributed by atoms with E-state index in [1.54, 1.807) is 24.3 Å². The molecular formula is C15H12BrFN2O2. The van der Waals surface area contributed by atoms with Gasteiger partial charge >= 0.3 is 11.8 Å². The second kappa shape index (κ2) is 6.49. The van der Waals surface area contributed by atoms with E-state index in [0.29, 0.717) is 5.69 Å². The Morgan fingerprint density at radius 2 is 1.71 bits per heavy atom. The van der Waals surface area contributed by atoms with E-state index in [1.807, 2.05) is 6.92 Å². The molecule has 0 fully saturated rings. The maximum absolute atomic E-state index is 13.4. The van der Waals surface area contributed by atoms with Crippen LogP contribution in [0.3, 0.4) is 0 Å². The number of nitrogens with one attached hydrogen (secondary N) is 2. The molecule has 2 aromatic carbocycles. The van der Waals surface area contributed by atoms with E-state index in [9.17, 15) is 14.0 Å². The zero-order chi connectivity index (χ0) is 15.4. The van der Waals surface area contributed by atoms with E-state index in [4.69, 9.17) is 0 Å². The molecule has 0 spiro atoms. The molecule has 108 valence electrons. The summed E-state index contributed by atoms with van der Waals surface area (Å²) in [6.45, 7) is 1.90. The lowest BCUT2D eigenvalue weighted by atomic mass is 10.2. The monoisotopic (exact) mass is 350 g/mol. The van der Waals surface area contributed by atoms with Gasteiger partial charge < -0.3 is 10.6 Å². The summed E-state index contributed by atoms with van der Waals surface area (Å²) < 4.78 is 14.2. The second-order valence-corrected chi connectivity index (χ2v) is 5.21. The number of rotatable bonds is 2. The number of benzene rings is 2. The summed E-state index contributed by atoms with van der Waals surface area (Å²) in [6.07, 6.45) is 0. The fourth-order valence-electron chi connectivity index (χ4n) is 1.60. The third-order valence-electron chi connectivity index (χ3n) is 2.76. The number of anilines is 2. The largest absolute Gasteiger partial charge is 0.318 e. The molecule has 0 aromatic heterocycles. The Hall–Kier alpha value is -2.21. The first-order valence-electron chi connectivity index (χ1n) is 6.10. The van der Waals surface area contributed by atoms with Crippen molar-refractivity contribution in [2.75, 3.05) is 10.6 Å². The van der Waals surface area contributed by atoms with E-state index in [-0.39, 0.29) is 5.69 Å². The van der Waals surface area contributed by atoms with Gasteiger partial charge in [-0.1, -0.05) is 34.1 Å². The molecule has 2 N–H and O–H groups in total. The van der Waals surface area contributed by atoms with Gasteiger partial charge in [0.15, 0.2) is 0 Å². The molecule has 6 heteroatoms. The number of hydrogen-bond donors (Lipinski definition) is 2. The molecule has 0 bridgehead atoms. The number of carbonyl (C=O) groups is 2. The predicted molar refractivity (Wildman–Crippen MR) is 82.5 cm³/mol. The number of hydrogen-bond acceptors (Lipinski definition) is 2. The van der Waals surface area contributed by atoms with E-state index in [0.717, 1.165) is 10.0 Å². The minimum atomic E-state index is -0.934. The number of halogens is 2. The summed E-state index contributed by atoms with van der Waals surface area (Å²) >= 11 is 3.33. The van der Waals surface area contributed by atoms with Crippen LogP contribution >= 0.6 is 15.9 Å². The zero-order valence-electron chi connectivity index (χ0n) is 11.1. The number of carbonyl (C=O) groups excluding carboxylic acids is 2. The SMILES string of the molecule is Cc1ccc(NC(=O)C(=O)Nc2ccccc2F)cc1Br. The Labute approximate surface area is 129 Å². The average Bonchev–Trinajstić information content (AvgIpc) is 2.45. The lowest BCUT2D eigenvalue weighted by molar-refractivity contribution is -0.133. The molecule has 0 saturated heterocycles. The van der Waals surface area contributed by atoms with Crippen LogP contribution in [0.2, 0.25) is 0 Å². The maximum atomic E-state index is 13.4. The molecule has 2 amide bonds. The molecular weight excluding hydrogens is 339 g/mol. The molecule has 0 aliphatic rings. The third-order valence-corrected chi connectivity index (χ3v) is 3.61. The van der Waals surface area contributed by atoms with E-state index < -0.39 is 17.6 Å². The van der Waals surface area contributed by atoms with Gasteiger partial charge in [-0.05, 0) is 36.8 Å². The van der Waals surface area contributed by atoms with Gasteiger partial charge in [-0.2, -0.15) is 0 Å².